The van der Waals surface area contributed by atoms with Crippen molar-refractivity contribution in [2.75, 3.05) is 14.2 Å². The van der Waals surface area contributed by atoms with Crippen LogP contribution in [0.1, 0.15) is 22.0 Å². The number of ether oxygens (including phenoxy) is 2. The SMILES string of the molecule is COC(=O)[C@@H](NC(=O)c1cc(F)ccc1OC)c1ccccc1. The largest absolute Gasteiger partial charge is 0.496 e. The molecule has 0 radical (unpaired) electrons. The smallest absolute Gasteiger partial charge is 0.333 e. The molecule has 0 bridgehead atoms. The van der Waals surface area contributed by atoms with E-state index < -0.39 is 23.7 Å². The van der Waals surface area contributed by atoms with E-state index >= 15 is 0 Å². The predicted octanol–water partition coefficient (Wildman–Crippen LogP) is 2.48. The highest BCUT2D eigenvalue weighted by atomic mass is 19.1. The summed E-state index contributed by atoms with van der Waals surface area (Å²) in [6.07, 6.45) is 0. The zero-order chi connectivity index (χ0) is 16.8. The van der Waals surface area contributed by atoms with Gasteiger partial charge in [-0.3, -0.25) is 4.79 Å². The summed E-state index contributed by atoms with van der Waals surface area (Å²) in [6.45, 7) is 0. The van der Waals surface area contributed by atoms with Gasteiger partial charge in [-0.1, -0.05) is 30.3 Å². The van der Waals surface area contributed by atoms with Gasteiger partial charge >= 0.3 is 5.97 Å². The monoisotopic (exact) mass is 317 g/mol. The fraction of sp³-hybridized carbons (Fsp3) is 0.176. The molecule has 1 N–H and O–H groups in total. The molecule has 1 atom stereocenters. The third-order valence-corrected chi connectivity index (χ3v) is 3.25. The van der Waals surface area contributed by atoms with Gasteiger partial charge in [-0.15, -0.1) is 0 Å². The molecule has 0 saturated heterocycles. The summed E-state index contributed by atoms with van der Waals surface area (Å²) in [6, 6.07) is 11.2. The van der Waals surface area contributed by atoms with Gasteiger partial charge in [-0.2, -0.15) is 0 Å². The highest BCUT2D eigenvalue weighted by Gasteiger charge is 2.25. The van der Waals surface area contributed by atoms with Crippen LogP contribution in [0.2, 0.25) is 0 Å². The minimum Gasteiger partial charge on any atom is -0.496 e. The Kier molecular flexibility index (Phi) is 5.30. The number of nitrogens with one attached hydrogen (secondary N) is 1. The molecule has 1 amide bonds. The molecule has 0 aliphatic rings. The van der Waals surface area contributed by atoms with Crippen LogP contribution in [-0.2, 0) is 9.53 Å². The molecule has 0 unspecified atom stereocenters. The summed E-state index contributed by atoms with van der Waals surface area (Å²) < 4.78 is 23.2. The summed E-state index contributed by atoms with van der Waals surface area (Å²) in [7, 11) is 2.60. The molecule has 0 saturated carbocycles. The van der Waals surface area contributed by atoms with Crippen molar-refractivity contribution in [3.05, 3.63) is 65.5 Å². The molecule has 2 aromatic rings. The molecular formula is C17H16FNO4. The Morgan fingerprint density at radius 3 is 2.39 bits per heavy atom. The van der Waals surface area contributed by atoms with Crippen LogP contribution in [0.3, 0.4) is 0 Å². The van der Waals surface area contributed by atoms with E-state index in [4.69, 9.17) is 9.47 Å². The van der Waals surface area contributed by atoms with E-state index in [1.165, 1.54) is 26.4 Å². The van der Waals surface area contributed by atoms with Gasteiger partial charge in [0.25, 0.3) is 5.91 Å². The number of carbonyl (C=O) groups excluding carboxylic acids is 2. The molecule has 0 heterocycles. The Balaban J connectivity index is 2.32. The maximum absolute atomic E-state index is 13.4. The third-order valence-electron chi connectivity index (χ3n) is 3.25. The molecule has 0 aliphatic heterocycles. The Morgan fingerprint density at radius 2 is 1.78 bits per heavy atom. The van der Waals surface area contributed by atoms with Gasteiger partial charge < -0.3 is 14.8 Å². The van der Waals surface area contributed by atoms with E-state index in [0.29, 0.717) is 5.56 Å². The van der Waals surface area contributed by atoms with E-state index in [1.54, 1.807) is 30.3 Å². The Labute approximate surface area is 133 Å². The van der Waals surface area contributed by atoms with Gasteiger partial charge in [0.15, 0.2) is 6.04 Å². The second-order valence-electron chi connectivity index (χ2n) is 4.68. The maximum Gasteiger partial charge on any atom is 0.333 e. The van der Waals surface area contributed by atoms with Crippen molar-refractivity contribution in [3.8, 4) is 5.75 Å². The number of halogens is 1. The number of esters is 1. The average molecular weight is 317 g/mol. The minimum atomic E-state index is -0.998. The molecule has 6 heteroatoms. The first-order valence-corrected chi connectivity index (χ1v) is 6.84. The number of amides is 1. The van der Waals surface area contributed by atoms with Gasteiger partial charge in [0, 0.05) is 0 Å². The van der Waals surface area contributed by atoms with E-state index in [9.17, 15) is 14.0 Å². The Hall–Kier alpha value is -2.89. The molecule has 5 nitrogen and oxygen atoms in total. The van der Waals surface area contributed by atoms with E-state index in [-0.39, 0.29) is 11.3 Å². The van der Waals surface area contributed by atoms with E-state index in [0.717, 1.165) is 6.07 Å². The number of carbonyl (C=O) groups is 2. The zero-order valence-corrected chi connectivity index (χ0v) is 12.7. The van der Waals surface area contributed by atoms with Crippen molar-refractivity contribution in [2.24, 2.45) is 0 Å². The zero-order valence-electron chi connectivity index (χ0n) is 12.7. The van der Waals surface area contributed by atoms with Crippen LogP contribution in [0.25, 0.3) is 0 Å². The Morgan fingerprint density at radius 1 is 1.09 bits per heavy atom. The fourth-order valence-corrected chi connectivity index (χ4v) is 2.11. The molecule has 0 fully saturated rings. The Bertz CT molecular complexity index is 703. The molecule has 120 valence electrons. The van der Waals surface area contributed by atoms with E-state index in [2.05, 4.69) is 5.32 Å². The minimum absolute atomic E-state index is 0.00247. The second-order valence-corrected chi connectivity index (χ2v) is 4.68. The summed E-state index contributed by atoms with van der Waals surface area (Å²) >= 11 is 0. The number of benzene rings is 2. The van der Waals surface area contributed by atoms with Crippen LogP contribution in [0.4, 0.5) is 4.39 Å². The summed E-state index contributed by atoms with van der Waals surface area (Å²) in [5, 5.41) is 2.54. The maximum atomic E-state index is 13.4. The molecule has 0 spiro atoms. The topological polar surface area (TPSA) is 64.6 Å². The third kappa shape index (κ3) is 3.85. The first-order chi connectivity index (χ1) is 11.1. The first-order valence-electron chi connectivity index (χ1n) is 6.84. The summed E-state index contributed by atoms with van der Waals surface area (Å²) in [5.74, 6) is -1.63. The van der Waals surface area contributed by atoms with Crippen molar-refractivity contribution >= 4 is 11.9 Å². The van der Waals surface area contributed by atoms with Gasteiger partial charge in [-0.25, -0.2) is 9.18 Å². The molecular weight excluding hydrogens is 301 g/mol. The predicted molar refractivity (Wildman–Crippen MR) is 81.6 cm³/mol. The number of methoxy groups -OCH3 is 2. The van der Waals surface area contributed by atoms with Gasteiger partial charge in [0.1, 0.15) is 11.6 Å². The fourth-order valence-electron chi connectivity index (χ4n) is 2.11. The first kappa shape index (κ1) is 16.5. The number of hydrogen-bond acceptors (Lipinski definition) is 4. The summed E-state index contributed by atoms with van der Waals surface area (Å²) in [5.41, 5.74) is 0.556. The van der Waals surface area contributed by atoms with Crippen molar-refractivity contribution in [1.82, 2.24) is 5.32 Å². The number of hydrogen-bond donors (Lipinski definition) is 1. The lowest BCUT2D eigenvalue weighted by molar-refractivity contribution is -0.143. The summed E-state index contributed by atoms with van der Waals surface area (Å²) in [4.78, 5) is 24.4. The van der Waals surface area contributed by atoms with Gasteiger partial charge in [-0.05, 0) is 23.8 Å². The molecule has 2 aromatic carbocycles. The standard InChI is InChI=1S/C17H16FNO4/c1-22-14-9-8-12(18)10-13(14)16(20)19-15(17(21)23-2)11-6-4-3-5-7-11/h3-10,15H,1-2H3,(H,19,20)/t15-/m0/s1. The quantitative estimate of drug-likeness (QED) is 0.861. The van der Waals surface area contributed by atoms with E-state index in [1.807, 2.05) is 0 Å². The van der Waals surface area contributed by atoms with Crippen LogP contribution in [0.15, 0.2) is 48.5 Å². The van der Waals surface area contributed by atoms with Crippen molar-refractivity contribution in [3.63, 3.8) is 0 Å². The second kappa shape index (κ2) is 7.40. The number of rotatable bonds is 5. The lowest BCUT2D eigenvalue weighted by atomic mass is 10.1. The molecule has 0 aromatic heterocycles. The van der Waals surface area contributed by atoms with Crippen molar-refractivity contribution < 1.29 is 23.5 Å². The molecule has 2 rings (SSSR count). The van der Waals surface area contributed by atoms with Crippen LogP contribution in [-0.4, -0.2) is 26.1 Å². The molecule has 0 aliphatic carbocycles. The van der Waals surface area contributed by atoms with Crippen molar-refractivity contribution in [2.45, 2.75) is 6.04 Å². The van der Waals surface area contributed by atoms with Crippen LogP contribution >= 0.6 is 0 Å². The molecule has 23 heavy (non-hydrogen) atoms. The van der Waals surface area contributed by atoms with Crippen LogP contribution < -0.4 is 10.1 Å². The highest BCUT2D eigenvalue weighted by molar-refractivity contribution is 5.99. The van der Waals surface area contributed by atoms with Crippen molar-refractivity contribution in [1.29, 1.82) is 0 Å². The van der Waals surface area contributed by atoms with Crippen LogP contribution in [0.5, 0.6) is 5.75 Å². The lowest BCUT2D eigenvalue weighted by Crippen LogP contribution is -2.34. The van der Waals surface area contributed by atoms with Gasteiger partial charge in [0.2, 0.25) is 0 Å². The highest BCUT2D eigenvalue weighted by Crippen LogP contribution is 2.21. The van der Waals surface area contributed by atoms with Gasteiger partial charge in [0.05, 0.1) is 19.8 Å². The normalized spacial score (nSPS) is 11.4. The lowest BCUT2D eigenvalue weighted by Gasteiger charge is -2.17. The average Bonchev–Trinajstić information content (AvgIpc) is 2.59. The van der Waals surface area contributed by atoms with Crippen LogP contribution in [0, 0.1) is 5.82 Å².